The average Bonchev–Trinajstić information content (AvgIpc) is 2.29. The van der Waals surface area contributed by atoms with Gasteiger partial charge in [-0.1, -0.05) is 20.3 Å². The van der Waals surface area contributed by atoms with Crippen molar-refractivity contribution in [2.75, 3.05) is 6.61 Å². The molecule has 0 unspecified atom stereocenters. The van der Waals surface area contributed by atoms with Gasteiger partial charge in [-0.2, -0.15) is 0 Å². The van der Waals surface area contributed by atoms with Gasteiger partial charge in [0.25, 0.3) is 0 Å². The minimum Gasteiger partial charge on any atom is -0.396 e. The van der Waals surface area contributed by atoms with Gasteiger partial charge in [0.05, 0.1) is 0 Å². The zero-order valence-electron chi connectivity index (χ0n) is 11.2. The topological polar surface area (TPSA) is 49.3 Å². The van der Waals surface area contributed by atoms with Gasteiger partial charge in [0.2, 0.25) is 5.91 Å². The van der Waals surface area contributed by atoms with E-state index in [9.17, 15) is 4.79 Å². The zero-order chi connectivity index (χ0) is 12.7. The maximum atomic E-state index is 11.7. The highest BCUT2D eigenvalue weighted by molar-refractivity contribution is 5.76. The third-order valence-corrected chi connectivity index (χ3v) is 3.66. The third-order valence-electron chi connectivity index (χ3n) is 3.66. The summed E-state index contributed by atoms with van der Waals surface area (Å²) < 4.78 is 0. The fourth-order valence-corrected chi connectivity index (χ4v) is 2.46. The van der Waals surface area contributed by atoms with Crippen LogP contribution >= 0.6 is 0 Å². The van der Waals surface area contributed by atoms with Gasteiger partial charge in [-0.05, 0) is 43.9 Å². The van der Waals surface area contributed by atoms with Crippen LogP contribution in [0.4, 0.5) is 0 Å². The van der Waals surface area contributed by atoms with Crippen LogP contribution < -0.4 is 5.32 Å². The van der Waals surface area contributed by atoms with Crippen molar-refractivity contribution >= 4 is 5.91 Å². The number of carbonyl (C=O) groups is 1. The van der Waals surface area contributed by atoms with Crippen LogP contribution in [0.2, 0.25) is 0 Å². The quantitative estimate of drug-likeness (QED) is 0.750. The van der Waals surface area contributed by atoms with Crippen LogP contribution in [-0.2, 0) is 4.79 Å². The molecule has 1 fully saturated rings. The average molecular weight is 241 g/mol. The number of nitrogens with one attached hydrogen (secondary N) is 1. The van der Waals surface area contributed by atoms with Gasteiger partial charge >= 0.3 is 0 Å². The fourth-order valence-electron chi connectivity index (χ4n) is 2.46. The highest BCUT2D eigenvalue weighted by Gasteiger charge is 2.21. The molecule has 0 radical (unpaired) electrons. The monoisotopic (exact) mass is 241 g/mol. The lowest BCUT2D eigenvalue weighted by Crippen LogP contribution is -2.37. The molecular weight excluding hydrogens is 214 g/mol. The first-order valence-electron chi connectivity index (χ1n) is 7.02. The molecule has 0 bridgehead atoms. The number of amides is 1. The van der Waals surface area contributed by atoms with Gasteiger partial charge < -0.3 is 10.4 Å². The second-order valence-electron chi connectivity index (χ2n) is 5.75. The molecule has 0 aromatic carbocycles. The van der Waals surface area contributed by atoms with E-state index in [-0.39, 0.29) is 5.91 Å². The number of hydrogen-bond acceptors (Lipinski definition) is 2. The second-order valence-corrected chi connectivity index (χ2v) is 5.75. The standard InChI is InChI=1S/C14H27NO2/c1-11(2)4-3-5-14(17)15-13-8-6-12(10-16)7-9-13/h11-13,16H,3-10H2,1-2H3,(H,15,17). The van der Waals surface area contributed by atoms with Crippen molar-refractivity contribution in [3.05, 3.63) is 0 Å². The molecule has 100 valence electrons. The summed E-state index contributed by atoms with van der Waals surface area (Å²) in [6.07, 6.45) is 6.95. The van der Waals surface area contributed by atoms with Gasteiger partial charge in [0.15, 0.2) is 0 Å². The fraction of sp³-hybridized carbons (Fsp3) is 0.929. The Kier molecular flexibility index (Phi) is 6.56. The smallest absolute Gasteiger partial charge is 0.220 e. The number of aliphatic hydroxyl groups excluding tert-OH is 1. The van der Waals surface area contributed by atoms with E-state index in [0.717, 1.165) is 38.5 Å². The summed E-state index contributed by atoms with van der Waals surface area (Å²) in [5.41, 5.74) is 0. The number of carbonyl (C=O) groups excluding carboxylic acids is 1. The van der Waals surface area contributed by atoms with Crippen LogP contribution in [0.1, 0.15) is 58.8 Å². The molecule has 2 N–H and O–H groups in total. The molecule has 0 aromatic rings. The Bertz CT molecular complexity index is 220. The van der Waals surface area contributed by atoms with Gasteiger partial charge in [-0.25, -0.2) is 0 Å². The highest BCUT2D eigenvalue weighted by atomic mass is 16.3. The Labute approximate surface area is 105 Å². The second kappa shape index (κ2) is 7.70. The van der Waals surface area contributed by atoms with Crippen LogP contribution in [0.15, 0.2) is 0 Å². The van der Waals surface area contributed by atoms with Crippen LogP contribution in [-0.4, -0.2) is 23.7 Å². The summed E-state index contributed by atoms with van der Waals surface area (Å²) in [5, 5.41) is 12.2. The number of aliphatic hydroxyl groups is 1. The highest BCUT2D eigenvalue weighted by Crippen LogP contribution is 2.23. The van der Waals surface area contributed by atoms with Crippen molar-refractivity contribution in [2.24, 2.45) is 11.8 Å². The maximum absolute atomic E-state index is 11.7. The van der Waals surface area contributed by atoms with E-state index in [1.807, 2.05) is 0 Å². The van der Waals surface area contributed by atoms with Gasteiger partial charge in [-0.15, -0.1) is 0 Å². The Morgan fingerprint density at radius 1 is 1.29 bits per heavy atom. The van der Waals surface area contributed by atoms with Crippen LogP contribution in [0, 0.1) is 11.8 Å². The summed E-state index contributed by atoms with van der Waals surface area (Å²) in [4.78, 5) is 11.7. The number of hydrogen-bond donors (Lipinski definition) is 2. The minimum atomic E-state index is 0.207. The molecule has 1 aliphatic rings. The predicted octanol–water partition coefficient (Wildman–Crippen LogP) is 2.48. The molecule has 1 aliphatic carbocycles. The van der Waals surface area contributed by atoms with E-state index in [1.165, 1.54) is 0 Å². The van der Waals surface area contributed by atoms with E-state index in [0.29, 0.717) is 30.9 Å². The van der Waals surface area contributed by atoms with Crippen molar-refractivity contribution in [3.63, 3.8) is 0 Å². The first kappa shape index (κ1) is 14.5. The first-order chi connectivity index (χ1) is 8.11. The van der Waals surface area contributed by atoms with E-state index in [4.69, 9.17) is 5.11 Å². The van der Waals surface area contributed by atoms with Crippen molar-refractivity contribution in [2.45, 2.75) is 64.8 Å². The molecule has 1 rings (SSSR count). The summed E-state index contributed by atoms with van der Waals surface area (Å²) in [5.74, 6) is 1.35. The molecule has 17 heavy (non-hydrogen) atoms. The van der Waals surface area contributed by atoms with Gasteiger partial charge in [0, 0.05) is 19.1 Å². The Balaban J connectivity index is 2.10. The summed E-state index contributed by atoms with van der Waals surface area (Å²) in [6.45, 7) is 4.68. The van der Waals surface area contributed by atoms with Crippen LogP contribution in [0.3, 0.4) is 0 Å². The zero-order valence-corrected chi connectivity index (χ0v) is 11.2. The molecule has 0 spiro atoms. The number of rotatable bonds is 6. The lowest BCUT2D eigenvalue weighted by Gasteiger charge is -2.28. The van der Waals surface area contributed by atoms with Crippen molar-refractivity contribution in [1.82, 2.24) is 5.32 Å². The molecule has 0 aliphatic heterocycles. The normalized spacial score (nSPS) is 24.9. The van der Waals surface area contributed by atoms with E-state index >= 15 is 0 Å². The lowest BCUT2D eigenvalue weighted by atomic mass is 9.86. The van der Waals surface area contributed by atoms with E-state index < -0.39 is 0 Å². The first-order valence-corrected chi connectivity index (χ1v) is 7.02. The van der Waals surface area contributed by atoms with E-state index in [2.05, 4.69) is 19.2 Å². The molecule has 1 saturated carbocycles. The largest absolute Gasteiger partial charge is 0.396 e. The third kappa shape index (κ3) is 6.06. The maximum Gasteiger partial charge on any atom is 0.220 e. The SMILES string of the molecule is CC(C)CCCC(=O)NC1CCC(CO)CC1. The summed E-state index contributed by atoms with van der Waals surface area (Å²) in [7, 11) is 0. The van der Waals surface area contributed by atoms with E-state index in [1.54, 1.807) is 0 Å². The summed E-state index contributed by atoms with van der Waals surface area (Å²) >= 11 is 0. The molecule has 0 aromatic heterocycles. The molecule has 1 amide bonds. The van der Waals surface area contributed by atoms with Gasteiger partial charge in [-0.3, -0.25) is 4.79 Å². The minimum absolute atomic E-state index is 0.207. The lowest BCUT2D eigenvalue weighted by molar-refractivity contribution is -0.122. The van der Waals surface area contributed by atoms with Crippen molar-refractivity contribution < 1.29 is 9.90 Å². The molecule has 3 nitrogen and oxygen atoms in total. The molecule has 0 atom stereocenters. The molecule has 0 heterocycles. The Morgan fingerprint density at radius 2 is 1.94 bits per heavy atom. The predicted molar refractivity (Wildman–Crippen MR) is 69.7 cm³/mol. The van der Waals surface area contributed by atoms with Crippen molar-refractivity contribution in [1.29, 1.82) is 0 Å². The molecule has 0 saturated heterocycles. The van der Waals surface area contributed by atoms with Crippen molar-refractivity contribution in [3.8, 4) is 0 Å². The van der Waals surface area contributed by atoms with Gasteiger partial charge in [0.1, 0.15) is 0 Å². The molecule has 3 heteroatoms. The Morgan fingerprint density at radius 3 is 2.47 bits per heavy atom. The summed E-state index contributed by atoms with van der Waals surface area (Å²) in [6, 6.07) is 0.351. The van der Waals surface area contributed by atoms with Crippen LogP contribution in [0.25, 0.3) is 0 Å². The Hall–Kier alpha value is -0.570. The molecular formula is C14H27NO2. The van der Waals surface area contributed by atoms with Crippen LogP contribution in [0.5, 0.6) is 0 Å².